The molecular weight excluding hydrogens is 339 g/mol. The molecular formula is C16H12F3N3O3. The van der Waals surface area contributed by atoms with Gasteiger partial charge < -0.3 is 9.47 Å². The van der Waals surface area contributed by atoms with Crippen LogP contribution in [0.1, 0.15) is 5.69 Å². The summed E-state index contributed by atoms with van der Waals surface area (Å²) in [5, 5.41) is 0. The minimum atomic E-state index is -3.14. The van der Waals surface area contributed by atoms with Gasteiger partial charge in [0.15, 0.2) is 11.6 Å². The number of hydrogen-bond acceptors (Lipinski definition) is 5. The van der Waals surface area contributed by atoms with Crippen LogP contribution in [0, 0.1) is 5.82 Å². The van der Waals surface area contributed by atoms with E-state index in [1.165, 1.54) is 29.6 Å². The Kier molecular flexibility index (Phi) is 4.82. The molecule has 1 amide bonds. The zero-order chi connectivity index (χ0) is 17.8. The van der Waals surface area contributed by atoms with Crippen LogP contribution in [-0.2, 0) is 11.3 Å². The van der Waals surface area contributed by atoms with Crippen LogP contribution in [0.15, 0.2) is 42.9 Å². The van der Waals surface area contributed by atoms with E-state index in [1.807, 2.05) is 0 Å². The first-order valence-corrected chi connectivity index (χ1v) is 7.19. The maximum absolute atomic E-state index is 13.5. The normalized spacial score (nSPS) is 13.9. The van der Waals surface area contributed by atoms with Crippen LogP contribution in [0.2, 0.25) is 0 Å². The molecule has 0 aliphatic carbocycles. The van der Waals surface area contributed by atoms with Gasteiger partial charge in [0, 0.05) is 12.1 Å². The Labute approximate surface area is 140 Å². The van der Waals surface area contributed by atoms with E-state index in [4.69, 9.17) is 4.74 Å². The summed E-state index contributed by atoms with van der Waals surface area (Å²) < 4.78 is 47.1. The van der Waals surface area contributed by atoms with E-state index in [9.17, 15) is 18.0 Å². The van der Waals surface area contributed by atoms with Crippen molar-refractivity contribution in [3.05, 3.63) is 54.4 Å². The maximum Gasteiger partial charge on any atom is 0.415 e. The van der Waals surface area contributed by atoms with Crippen LogP contribution in [0.25, 0.3) is 11.3 Å². The molecule has 0 radical (unpaired) electrons. The predicted molar refractivity (Wildman–Crippen MR) is 80.1 cm³/mol. The van der Waals surface area contributed by atoms with Gasteiger partial charge in [0.2, 0.25) is 0 Å². The summed E-state index contributed by atoms with van der Waals surface area (Å²) >= 11 is 0. The highest BCUT2D eigenvalue weighted by Crippen LogP contribution is 2.26. The molecule has 9 heteroatoms. The molecule has 2 heterocycles. The van der Waals surface area contributed by atoms with E-state index in [0.29, 0.717) is 23.5 Å². The number of nitrogens with zero attached hydrogens (tertiary/aromatic N) is 3. The highest BCUT2D eigenvalue weighted by Gasteiger charge is 2.18. The molecule has 130 valence electrons. The third-order valence-corrected chi connectivity index (χ3v) is 3.33. The topological polar surface area (TPSA) is 64.5 Å². The van der Waals surface area contributed by atoms with Gasteiger partial charge in [0.25, 0.3) is 0 Å². The summed E-state index contributed by atoms with van der Waals surface area (Å²) in [6.07, 6.45) is 5.34. The fourth-order valence-electron chi connectivity index (χ4n) is 2.22. The summed E-state index contributed by atoms with van der Waals surface area (Å²) in [6.45, 7) is -2.61. The minimum Gasteiger partial charge on any atom is -0.432 e. The number of hydrogen-bond donors (Lipinski definition) is 0. The average Bonchev–Trinajstić information content (AvgIpc) is 2.59. The molecule has 1 aromatic carbocycles. The second-order valence-electron chi connectivity index (χ2n) is 5.06. The fourth-order valence-corrected chi connectivity index (χ4v) is 2.22. The Hall–Kier alpha value is -3.10. The van der Waals surface area contributed by atoms with Crippen LogP contribution in [0.3, 0.4) is 0 Å². The predicted octanol–water partition coefficient (Wildman–Crippen LogP) is 3.35. The number of benzene rings is 1. The van der Waals surface area contributed by atoms with Gasteiger partial charge in [0.1, 0.15) is 0 Å². The number of amides is 1. The van der Waals surface area contributed by atoms with Crippen molar-refractivity contribution in [2.75, 3.05) is 6.54 Å². The lowest BCUT2D eigenvalue weighted by molar-refractivity contribution is -0.0521. The van der Waals surface area contributed by atoms with Crippen molar-refractivity contribution >= 4 is 6.09 Å². The van der Waals surface area contributed by atoms with E-state index >= 15 is 0 Å². The van der Waals surface area contributed by atoms with E-state index in [-0.39, 0.29) is 6.54 Å². The number of aromatic nitrogens is 2. The number of ether oxygens (including phenoxy) is 2. The van der Waals surface area contributed by atoms with Crippen LogP contribution in [0.4, 0.5) is 18.0 Å². The Morgan fingerprint density at radius 1 is 1.32 bits per heavy atom. The number of cyclic esters (lactones) is 1. The standard InChI is InChI=1S/C16H12F3N3O3/c17-12-3-2-10(6-14(12)25-15(18)19)13-8-20-7-11(21-13)9-22-4-1-5-24-16(22)23/h1-3,5-8,15H,4,9H2. The Balaban J connectivity index is 1.84. The van der Waals surface area contributed by atoms with Gasteiger partial charge in [0.05, 0.1) is 36.6 Å². The third kappa shape index (κ3) is 4.06. The van der Waals surface area contributed by atoms with Crippen molar-refractivity contribution < 1.29 is 27.4 Å². The van der Waals surface area contributed by atoms with Crippen molar-refractivity contribution in [2.24, 2.45) is 0 Å². The monoisotopic (exact) mass is 351 g/mol. The molecule has 1 aromatic heterocycles. The zero-order valence-electron chi connectivity index (χ0n) is 12.7. The number of carbonyl (C=O) groups is 1. The molecule has 0 bridgehead atoms. The Morgan fingerprint density at radius 2 is 2.16 bits per heavy atom. The number of halogens is 3. The van der Waals surface area contributed by atoms with Gasteiger partial charge in [-0.3, -0.25) is 9.88 Å². The number of alkyl halides is 2. The summed E-state index contributed by atoms with van der Waals surface area (Å²) in [5.74, 6) is -1.49. The van der Waals surface area contributed by atoms with Crippen LogP contribution < -0.4 is 4.74 Å². The summed E-state index contributed by atoms with van der Waals surface area (Å²) in [7, 11) is 0. The molecule has 1 aliphatic rings. The van der Waals surface area contributed by atoms with E-state index in [1.54, 1.807) is 6.08 Å². The van der Waals surface area contributed by atoms with Gasteiger partial charge in [-0.2, -0.15) is 8.78 Å². The van der Waals surface area contributed by atoms with Crippen molar-refractivity contribution in [1.82, 2.24) is 14.9 Å². The molecule has 0 N–H and O–H groups in total. The minimum absolute atomic E-state index is 0.158. The molecule has 0 saturated carbocycles. The summed E-state index contributed by atoms with van der Waals surface area (Å²) in [6, 6.07) is 3.50. The van der Waals surface area contributed by atoms with E-state index < -0.39 is 24.3 Å². The molecule has 2 aromatic rings. The first-order valence-electron chi connectivity index (χ1n) is 7.19. The van der Waals surface area contributed by atoms with E-state index in [2.05, 4.69) is 14.7 Å². The molecule has 3 rings (SSSR count). The Bertz CT molecular complexity index is 814. The van der Waals surface area contributed by atoms with Crippen LogP contribution in [0.5, 0.6) is 5.75 Å². The van der Waals surface area contributed by atoms with Crippen LogP contribution in [-0.4, -0.2) is 34.1 Å². The van der Waals surface area contributed by atoms with Gasteiger partial charge in [-0.15, -0.1) is 0 Å². The van der Waals surface area contributed by atoms with Gasteiger partial charge in [-0.1, -0.05) is 0 Å². The van der Waals surface area contributed by atoms with Crippen molar-refractivity contribution in [3.8, 4) is 17.0 Å². The lowest BCUT2D eigenvalue weighted by Gasteiger charge is -2.21. The molecule has 25 heavy (non-hydrogen) atoms. The fraction of sp³-hybridized carbons (Fsp3) is 0.188. The van der Waals surface area contributed by atoms with Gasteiger partial charge >= 0.3 is 12.7 Å². The van der Waals surface area contributed by atoms with Crippen molar-refractivity contribution in [2.45, 2.75) is 13.2 Å². The smallest absolute Gasteiger partial charge is 0.415 e. The number of rotatable bonds is 5. The molecule has 0 saturated heterocycles. The number of carbonyl (C=O) groups excluding carboxylic acids is 1. The quantitative estimate of drug-likeness (QED) is 0.827. The average molecular weight is 351 g/mol. The highest BCUT2D eigenvalue weighted by atomic mass is 19.3. The summed E-state index contributed by atoms with van der Waals surface area (Å²) in [4.78, 5) is 21.4. The first kappa shape index (κ1) is 16.7. The molecule has 0 atom stereocenters. The second-order valence-corrected chi connectivity index (χ2v) is 5.06. The molecule has 6 nitrogen and oxygen atoms in total. The first-order chi connectivity index (χ1) is 12.0. The van der Waals surface area contributed by atoms with Crippen molar-refractivity contribution in [1.29, 1.82) is 0 Å². The lowest BCUT2D eigenvalue weighted by atomic mass is 10.1. The molecule has 0 spiro atoms. The van der Waals surface area contributed by atoms with Gasteiger partial charge in [-0.25, -0.2) is 14.2 Å². The molecule has 0 fully saturated rings. The summed E-state index contributed by atoms with van der Waals surface area (Å²) in [5.41, 5.74) is 1.15. The van der Waals surface area contributed by atoms with Crippen molar-refractivity contribution in [3.63, 3.8) is 0 Å². The third-order valence-electron chi connectivity index (χ3n) is 3.33. The largest absolute Gasteiger partial charge is 0.432 e. The highest BCUT2D eigenvalue weighted by molar-refractivity contribution is 5.69. The maximum atomic E-state index is 13.5. The van der Waals surface area contributed by atoms with E-state index in [0.717, 1.165) is 12.1 Å². The van der Waals surface area contributed by atoms with Crippen LogP contribution >= 0.6 is 0 Å². The molecule has 1 aliphatic heterocycles. The lowest BCUT2D eigenvalue weighted by Crippen LogP contribution is -2.33. The Morgan fingerprint density at radius 3 is 2.92 bits per heavy atom. The second kappa shape index (κ2) is 7.20. The SMILES string of the molecule is O=C1OC=CCN1Cc1cncc(-c2ccc(F)c(OC(F)F)c2)n1. The molecule has 0 unspecified atom stereocenters. The zero-order valence-corrected chi connectivity index (χ0v) is 12.7. The van der Waals surface area contributed by atoms with Gasteiger partial charge in [-0.05, 0) is 24.3 Å².